The number of anilines is 1. The van der Waals surface area contributed by atoms with E-state index in [1.807, 2.05) is 6.92 Å². The molecule has 0 aliphatic heterocycles. The van der Waals surface area contributed by atoms with E-state index >= 15 is 0 Å². The minimum absolute atomic E-state index is 0.405. The predicted molar refractivity (Wildman–Crippen MR) is 98.4 cm³/mol. The third-order valence-corrected chi connectivity index (χ3v) is 5.24. The van der Waals surface area contributed by atoms with Gasteiger partial charge in [0.1, 0.15) is 11.8 Å². The summed E-state index contributed by atoms with van der Waals surface area (Å²) < 4.78 is 30.9. The number of benzene rings is 1. The molecule has 2 rings (SSSR count). The SMILES string of the molecule is CCOc1ccc(N([C@@H](C)C(=O)NN=C2CCCC2)S(C)(=O)=O)cc1. The van der Waals surface area contributed by atoms with Crippen molar-refractivity contribution in [2.45, 2.75) is 45.6 Å². The predicted octanol–water partition coefficient (Wildman–Crippen LogP) is 2.29. The number of nitrogens with one attached hydrogen (secondary N) is 1. The second kappa shape index (κ2) is 8.33. The molecule has 1 aliphatic carbocycles. The van der Waals surface area contributed by atoms with Crippen LogP contribution in [0.5, 0.6) is 5.75 Å². The molecule has 0 unspecified atom stereocenters. The van der Waals surface area contributed by atoms with Gasteiger partial charge in [0, 0.05) is 5.71 Å². The molecule has 7 nitrogen and oxygen atoms in total. The zero-order chi connectivity index (χ0) is 18.4. The fourth-order valence-electron chi connectivity index (χ4n) is 2.79. The van der Waals surface area contributed by atoms with Gasteiger partial charge >= 0.3 is 0 Å². The number of sulfonamides is 1. The molecular weight excluding hydrogens is 342 g/mol. The molecule has 0 radical (unpaired) electrons. The minimum atomic E-state index is -3.64. The standard InChI is InChI=1S/C17H25N3O4S/c1-4-24-16-11-9-15(10-12-16)20(25(3,22)23)13(2)17(21)19-18-14-7-5-6-8-14/h9-13H,4-8H2,1-3H3,(H,19,21)/t13-/m0/s1. The number of hydrogen-bond donors (Lipinski definition) is 1. The summed E-state index contributed by atoms with van der Waals surface area (Å²) in [5.41, 5.74) is 3.85. The number of amides is 1. The zero-order valence-electron chi connectivity index (χ0n) is 14.9. The van der Waals surface area contributed by atoms with Crippen LogP contribution in [0.1, 0.15) is 39.5 Å². The largest absolute Gasteiger partial charge is 0.494 e. The van der Waals surface area contributed by atoms with Crippen LogP contribution in [0.15, 0.2) is 29.4 Å². The fraction of sp³-hybridized carbons (Fsp3) is 0.529. The maximum atomic E-state index is 12.4. The molecule has 1 aromatic rings. The lowest BCUT2D eigenvalue weighted by atomic mass is 10.2. The van der Waals surface area contributed by atoms with Crippen LogP contribution in [-0.4, -0.2) is 38.9 Å². The van der Waals surface area contributed by atoms with Crippen LogP contribution in [-0.2, 0) is 14.8 Å². The van der Waals surface area contributed by atoms with E-state index in [2.05, 4.69) is 10.5 Å². The summed E-state index contributed by atoms with van der Waals surface area (Å²) >= 11 is 0. The molecule has 0 spiro atoms. The number of nitrogens with zero attached hydrogens (tertiary/aromatic N) is 2. The van der Waals surface area contributed by atoms with Crippen LogP contribution < -0.4 is 14.5 Å². The summed E-state index contributed by atoms with van der Waals surface area (Å²) in [5, 5.41) is 4.12. The van der Waals surface area contributed by atoms with Gasteiger partial charge in [0.2, 0.25) is 10.0 Å². The molecule has 1 atom stereocenters. The third-order valence-electron chi connectivity index (χ3n) is 4.00. The first-order valence-electron chi connectivity index (χ1n) is 8.40. The Morgan fingerprint density at radius 2 is 1.88 bits per heavy atom. The monoisotopic (exact) mass is 367 g/mol. The molecule has 0 bridgehead atoms. The zero-order valence-corrected chi connectivity index (χ0v) is 15.7. The molecule has 25 heavy (non-hydrogen) atoms. The van der Waals surface area contributed by atoms with E-state index in [-0.39, 0.29) is 0 Å². The lowest BCUT2D eigenvalue weighted by Crippen LogP contribution is -2.46. The molecule has 1 fully saturated rings. The van der Waals surface area contributed by atoms with Gasteiger partial charge < -0.3 is 4.74 Å². The molecule has 1 N–H and O–H groups in total. The average molecular weight is 367 g/mol. The molecule has 1 amide bonds. The van der Waals surface area contributed by atoms with Crippen molar-refractivity contribution in [3.63, 3.8) is 0 Å². The number of hydrogen-bond acceptors (Lipinski definition) is 5. The Kier molecular flexibility index (Phi) is 6.41. The van der Waals surface area contributed by atoms with Gasteiger partial charge in [-0.05, 0) is 63.8 Å². The van der Waals surface area contributed by atoms with E-state index in [1.165, 1.54) is 0 Å². The summed E-state index contributed by atoms with van der Waals surface area (Å²) in [4.78, 5) is 12.4. The summed E-state index contributed by atoms with van der Waals surface area (Å²) in [5.74, 6) is 0.183. The Hall–Kier alpha value is -2.09. The van der Waals surface area contributed by atoms with Gasteiger partial charge in [-0.1, -0.05) is 0 Å². The Labute approximate surface area is 149 Å². The summed E-state index contributed by atoms with van der Waals surface area (Å²) in [6.45, 7) is 3.94. The van der Waals surface area contributed by atoms with Gasteiger partial charge in [-0.15, -0.1) is 0 Å². The van der Waals surface area contributed by atoms with Crippen LogP contribution in [0.25, 0.3) is 0 Å². The lowest BCUT2D eigenvalue weighted by Gasteiger charge is -2.27. The first-order chi connectivity index (χ1) is 11.8. The number of hydrazone groups is 1. The minimum Gasteiger partial charge on any atom is -0.494 e. The second-order valence-corrected chi connectivity index (χ2v) is 7.88. The van der Waals surface area contributed by atoms with Gasteiger partial charge in [0.15, 0.2) is 0 Å². The number of rotatable bonds is 7. The quantitative estimate of drug-likeness (QED) is 0.749. The highest BCUT2D eigenvalue weighted by Crippen LogP contribution is 2.24. The van der Waals surface area contributed by atoms with Crippen molar-refractivity contribution in [1.82, 2.24) is 5.43 Å². The number of ether oxygens (including phenoxy) is 1. The Balaban J connectivity index is 2.18. The first-order valence-corrected chi connectivity index (χ1v) is 10.3. The van der Waals surface area contributed by atoms with Crippen molar-refractivity contribution < 1.29 is 17.9 Å². The third kappa shape index (κ3) is 5.19. The van der Waals surface area contributed by atoms with Crippen LogP contribution in [0.3, 0.4) is 0 Å². The summed E-state index contributed by atoms with van der Waals surface area (Å²) in [6, 6.07) is 5.69. The van der Waals surface area contributed by atoms with Gasteiger partial charge in [0.05, 0.1) is 18.6 Å². The van der Waals surface area contributed by atoms with Crippen molar-refractivity contribution >= 4 is 27.3 Å². The molecule has 1 saturated carbocycles. The molecular formula is C17H25N3O4S. The van der Waals surface area contributed by atoms with E-state index < -0.39 is 22.0 Å². The highest BCUT2D eigenvalue weighted by molar-refractivity contribution is 7.92. The topological polar surface area (TPSA) is 88.1 Å². The fourth-order valence-corrected chi connectivity index (χ4v) is 3.96. The van der Waals surface area contributed by atoms with Crippen molar-refractivity contribution in [1.29, 1.82) is 0 Å². The van der Waals surface area contributed by atoms with Gasteiger partial charge in [-0.3, -0.25) is 9.10 Å². The average Bonchev–Trinajstić information content (AvgIpc) is 3.07. The Morgan fingerprint density at radius 3 is 2.40 bits per heavy atom. The van der Waals surface area contributed by atoms with Crippen LogP contribution in [0.4, 0.5) is 5.69 Å². The summed E-state index contributed by atoms with van der Waals surface area (Å²) in [6.07, 6.45) is 4.99. The smallest absolute Gasteiger partial charge is 0.263 e. The van der Waals surface area contributed by atoms with Gasteiger partial charge in [-0.2, -0.15) is 5.10 Å². The van der Waals surface area contributed by atoms with E-state index in [0.29, 0.717) is 18.0 Å². The second-order valence-electron chi connectivity index (χ2n) is 6.02. The Bertz CT molecular complexity index is 721. The van der Waals surface area contributed by atoms with Crippen LogP contribution in [0.2, 0.25) is 0 Å². The molecule has 138 valence electrons. The highest BCUT2D eigenvalue weighted by Gasteiger charge is 2.29. The molecule has 0 heterocycles. The Morgan fingerprint density at radius 1 is 1.28 bits per heavy atom. The van der Waals surface area contributed by atoms with Crippen molar-refractivity contribution in [3.8, 4) is 5.75 Å². The van der Waals surface area contributed by atoms with Gasteiger partial charge in [0.25, 0.3) is 5.91 Å². The van der Waals surface area contributed by atoms with Crippen molar-refractivity contribution in [2.75, 3.05) is 17.2 Å². The molecule has 1 aromatic carbocycles. The van der Waals surface area contributed by atoms with E-state index in [1.54, 1.807) is 31.2 Å². The maximum Gasteiger partial charge on any atom is 0.263 e. The molecule has 1 aliphatic rings. The van der Waals surface area contributed by atoms with Gasteiger partial charge in [-0.25, -0.2) is 13.8 Å². The highest BCUT2D eigenvalue weighted by atomic mass is 32.2. The van der Waals surface area contributed by atoms with E-state index in [4.69, 9.17) is 4.74 Å². The van der Waals surface area contributed by atoms with Crippen molar-refractivity contribution in [2.24, 2.45) is 5.10 Å². The molecule has 0 aromatic heterocycles. The van der Waals surface area contributed by atoms with Crippen molar-refractivity contribution in [3.05, 3.63) is 24.3 Å². The molecule has 8 heteroatoms. The van der Waals surface area contributed by atoms with E-state index in [0.717, 1.165) is 42.0 Å². The van der Waals surface area contributed by atoms with E-state index in [9.17, 15) is 13.2 Å². The maximum absolute atomic E-state index is 12.4. The normalized spacial score (nSPS) is 15.6. The number of carbonyl (C=O) groups is 1. The lowest BCUT2D eigenvalue weighted by molar-refractivity contribution is -0.121. The number of carbonyl (C=O) groups excluding carboxylic acids is 1. The first kappa shape index (κ1) is 19.2. The van der Waals surface area contributed by atoms with Crippen LogP contribution in [0, 0.1) is 0 Å². The van der Waals surface area contributed by atoms with Crippen LogP contribution >= 0.6 is 0 Å². The molecule has 0 saturated heterocycles. The summed E-state index contributed by atoms with van der Waals surface area (Å²) in [7, 11) is -3.64.